The molecule has 3 N–H and O–H groups in total. The van der Waals surface area contributed by atoms with E-state index >= 15 is 0 Å². The summed E-state index contributed by atoms with van der Waals surface area (Å²) >= 11 is 0. The first-order chi connectivity index (χ1) is 8.84. The van der Waals surface area contributed by atoms with Crippen molar-refractivity contribution >= 4 is 15.9 Å². The van der Waals surface area contributed by atoms with Crippen molar-refractivity contribution in [2.75, 3.05) is 6.54 Å². The topological polar surface area (TPSA) is 98.5 Å². The van der Waals surface area contributed by atoms with Crippen LogP contribution < -0.4 is 15.2 Å². The number of amides is 1. The van der Waals surface area contributed by atoms with Gasteiger partial charge in [0.2, 0.25) is 10.0 Å². The van der Waals surface area contributed by atoms with Crippen LogP contribution in [0.1, 0.15) is 20.3 Å². The number of primary sulfonamides is 1. The van der Waals surface area contributed by atoms with Gasteiger partial charge in [-0.15, -0.1) is 0 Å². The Bertz CT molecular complexity index is 525. The van der Waals surface area contributed by atoms with Gasteiger partial charge < -0.3 is 10.1 Å². The Hall–Kier alpha value is -1.60. The van der Waals surface area contributed by atoms with Gasteiger partial charge in [0.05, 0.1) is 4.90 Å². The second-order valence-corrected chi connectivity index (χ2v) is 5.63. The first kappa shape index (κ1) is 15.5. The number of nitrogens with one attached hydrogen (secondary N) is 1. The molecule has 0 heterocycles. The molecule has 0 saturated heterocycles. The SMILES string of the molecule is CCCNC(=O)C(C)Oc1ccc(S(N)(=O)=O)cc1. The van der Waals surface area contributed by atoms with Crippen LogP contribution in [0.4, 0.5) is 0 Å². The quantitative estimate of drug-likeness (QED) is 0.801. The molecule has 19 heavy (non-hydrogen) atoms. The molecule has 1 atom stereocenters. The molecule has 0 aliphatic heterocycles. The minimum absolute atomic E-state index is 0.00272. The van der Waals surface area contributed by atoms with Gasteiger partial charge in [-0.2, -0.15) is 0 Å². The molecule has 6 nitrogen and oxygen atoms in total. The number of carbonyl (C=O) groups is 1. The van der Waals surface area contributed by atoms with E-state index in [9.17, 15) is 13.2 Å². The molecule has 0 fully saturated rings. The average Bonchev–Trinajstić information content (AvgIpc) is 2.35. The number of carbonyl (C=O) groups excluding carboxylic acids is 1. The summed E-state index contributed by atoms with van der Waals surface area (Å²) in [6.07, 6.45) is 0.202. The van der Waals surface area contributed by atoms with Gasteiger partial charge in [0.1, 0.15) is 5.75 Å². The number of ether oxygens (including phenoxy) is 1. The van der Waals surface area contributed by atoms with E-state index in [-0.39, 0.29) is 10.8 Å². The van der Waals surface area contributed by atoms with Crippen LogP contribution in [0.25, 0.3) is 0 Å². The number of nitrogens with two attached hydrogens (primary N) is 1. The summed E-state index contributed by atoms with van der Waals surface area (Å²) in [6.45, 7) is 4.17. The maximum Gasteiger partial charge on any atom is 0.260 e. The van der Waals surface area contributed by atoms with Gasteiger partial charge in [-0.3, -0.25) is 4.79 Å². The zero-order valence-electron chi connectivity index (χ0n) is 10.9. The Morgan fingerprint density at radius 2 is 1.95 bits per heavy atom. The third kappa shape index (κ3) is 4.88. The van der Waals surface area contributed by atoms with Crippen molar-refractivity contribution < 1.29 is 17.9 Å². The molecule has 106 valence electrons. The summed E-state index contributed by atoms with van der Waals surface area (Å²) in [6, 6.07) is 5.59. The number of hydrogen-bond donors (Lipinski definition) is 2. The maximum absolute atomic E-state index is 11.6. The normalized spacial score (nSPS) is 12.8. The monoisotopic (exact) mass is 286 g/mol. The molecule has 0 radical (unpaired) electrons. The summed E-state index contributed by atoms with van der Waals surface area (Å²) in [5, 5.41) is 7.69. The molecule has 1 aromatic carbocycles. The Morgan fingerprint density at radius 3 is 2.42 bits per heavy atom. The second-order valence-electron chi connectivity index (χ2n) is 4.07. The molecule has 1 amide bonds. The molecule has 0 saturated carbocycles. The third-order valence-corrected chi connectivity index (χ3v) is 3.31. The van der Waals surface area contributed by atoms with Crippen molar-refractivity contribution in [3.05, 3.63) is 24.3 Å². The summed E-state index contributed by atoms with van der Waals surface area (Å²) in [5.74, 6) is 0.198. The Morgan fingerprint density at radius 1 is 1.37 bits per heavy atom. The van der Waals surface area contributed by atoms with Crippen LogP contribution in [0.15, 0.2) is 29.2 Å². The largest absolute Gasteiger partial charge is 0.481 e. The van der Waals surface area contributed by atoms with Gasteiger partial charge in [0.15, 0.2) is 6.10 Å². The molecule has 1 rings (SSSR count). The third-order valence-electron chi connectivity index (χ3n) is 2.38. The van der Waals surface area contributed by atoms with Gasteiger partial charge >= 0.3 is 0 Å². The van der Waals surface area contributed by atoms with E-state index in [2.05, 4.69) is 5.32 Å². The fourth-order valence-electron chi connectivity index (χ4n) is 1.36. The van der Waals surface area contributed by atoms with Gasteiger partial charge in [0, 0.05) is 6.54 Å². The van der Waals surface area contributed by atoms with E-state index in [1.807, 2.05) is 6.92 Å². The predicted octanol–water partition coefficient (Wildman–Crippen LogP) is 0.628. The highest BCUT2D eigenvalue weighted by molar-refractivity contribution is 7.89. The minimum Gasteiger partial charge on any atom is -0.481 e. The summed E-state index contributed by atoms with van der Waals surface area (Å²) < 4.78 is 27.5. The van der Waals surface area contributed by atoms with Crippen molar-refractivity contribution in [2.24, 2.45) is 5.14 Å². The fourth-order valence-corrected chi connectivity index (χ4v) is 1.87. The first-order valence-electron chi connectivity index (χ1n) is 5.92. The molecule has 0 spiro atoms. The lowest BCUT2D eigenvalue weighted by Gasteiger charge is -2.14. The molecule has 0 bridgehead atoms. The van der Waals surface area contributed by atoms with Crippen LogP contribution in [0.3, 0.4) is 0 Å². The molecule has 1 aromatic rings. The lowest BCUT2D eigenvalue weighted by Crippen LogP contribution is -2.36. The number of rotatable bonds is 6. The van der Waals surface area contributed by atoms with Gasteiger partial charge in [0.25, 0.3) is 5.91 Å². The molecular formula is C12H18N2O4S. The van der Waals surface area contributed by atoms with Crippen LogP contribution in [0, 0.1) is 0 Å². The van der Waals surface area contributed by atoms with E-state index in [1.54, 1.807) is 6.92 Å². The van der Waals surface area contributed by atoms with E-state index < -0.39 is 16.1 Å². The van der Waals surface area contributed by atoms with Crippen molar-refractivity contribution in [1.82, 2.24) is 5.32 Å². The second kappa shape index (κ2) is 6.53. The predicted molar refractivity (Wildman–Crippen MR) is 71.2 cm³/mol. The number of hydrogen-bond acceptors (Lipinski definition) is 4. The van der Waals surface area contributed by atoms with Crippen LogP contribution in [0.5, 0.6) is 5.75 Å². The maximum atomic E-state index is 11.6. The van der Waals surface area contributed by atoms with E-state index in [0.717, 1.165) is 6.42 Å². The lowest BCUT2D eigenvalue weighted by molar-refractivity contribution is -0.127. The average molecular weight is 286 g/mol. The Labute approximate surface area is 113 Å². The highest BCUT2D eigenvalue weighted by Gasteiger charge is 2.14. The van der Waals surface area contributed by atoms with Gasteiger partial charge in [-0.1, -0.05) is 6.92 Å². The highest BCUT2D eigenvalue weighted by atomic mass is 32.2. The van der Waals surface area contributed by atoms with E-state index in [1.165, 1.54) is 24.3 Å². The van der Waals surface area contributed by atoms with E-state index in [0.29, 0.717) is 12.3 Å². The standard InChI is InChI=1S/C12H18N2O4S/c1-3-8-14-12(15)9(2)18-10-4-6-11(7-5-10)19(13,16)17/h4-7,9H,3,8H2,1-2H3,(H,14,15)(H2,13,16,17). The minimum atomic E-state index is -3.71. The van der Waals surface area contributed by atoms with Crippen LogP contribution in [0.2, 0.25) is 0 Å². The molecular weight excluding hydrogens is 268 g/mol. The molecule has 0 aliphatic carbocycles. The molecule has 1 unspecified atom stereocenters. The van der Waals surface area contributed by atoms with Crippen molar-refractivity contribution in [2.45, 2.75) is 31.3 Å². The summed E-state index contributed by atoms with van der Waals surface area (Å²) in [5.41, 5.74) is 0. The zero-order chi connectivity index (χ0) is 14.5. The van der Waals surface area contributed by atoms with Crippen LogP contribution >= 0.6 is 0 Å². The summed E-state index contributed by atoms with van der Waals surface area (Å²) in [4.78, 5) is 11.6. The van der Waals surface area contributed by atoms with Crippen molar-refractivity contribution in [1.29, 1.82) is 0 Å². The molecule has 0 aromatic heterocycles. The Balaban J connectivity index is 2.65. The fraction of sp³-hybridized carbons (Fsp3) is 0.417. The zero-order valence-corrected chi connectivity index (χ0v) is 11.7. The van der Waals surface area contributed by atoms with Gasteiger partial charge in [-0.25, -0.2) is 13.6 Å². The smallest absolute Gasteiger partial charge is 0.260 e. The van der Waals surface area contributed by atoms with Crippen molar-refractivity contribution in [3.8, 4) is 5.75 Å². The molecule has 0 aliphatic rings. The highest BCUT2D eigenvalue weighted by Crippen LogP contribution is 2.16. The lowest BCUT2D eigenvalue weighted by atomic mass is 10.3. The Kier molecular flexibility index (Phi) is 5.31. The number of benzene rings is 1. The first-order valence-corrected chi connectivity index (χ1v) is 7.46. The number of sulfonamides is 1. The van der Waals surface area contributed by atoms with Gasteiger partial charge in [-0.05, 0) is 37.6 Å². The summed E-state index contributed by atoms with van der Waals surface area (Å²) in [7, 11) is -3.71. The van der Waals surface area contributed by atoms with Crippen LogP contribution in [-0.2, 0) is 14.8 Å². The van der Waals surface area contributed by atoms with E-state index in [4.69, 9.17) is 9.88 Å². The molecule has 7 heteroatoms. The van der Waals surface area contributed by atoms with Crippen LogP contribution in [-0.4, -0.2) is 27.0 Å². The van der Waals surface area contributed by atoms with Crippen molar-refractivity contribution in [3.63, 3.8) is 0 Å².